The highest BCUT2D eigenvalue weighted by Gasteiger charge is 2.10. The lowest BCUT2D eigenvalue weighted by Gasteiger charge is -2.08. The van der Waals surface area contributed by atoms with Crippen LogP contribution in [0.1, 0.15) is 30.6 Å². The van der Waals surface area contributed by atoms with Gasteiger partial charge in [0.15, 0.2) is 6.61 Å². The fourth-order valence-corrected chi connectivity index (χ4v) is 1.43. The van der Waals surface area contributed by atoms with E-state index in [1.807, 2.05) is 0 Å². The molecule has 19 heavy (non-hydrogen) atoms. The minimum Gasteiger partial charge on any atom is -0.452 e. The summed E-state index contributed by atoms with van der Waals surface area (Å²) in [6, 6.07) is 6.44. The zero-order valence-corrected chi connectivity index (χ0v) is 11.3. The molecule has 0 saturated carbocycles. The predicted molar refractivity (Wildman–Crippen MR) is 73.6 cm³/mol. The van der Waals surface area contributed by atoms with Crippen molar-refractivity contribution in [1.29, 1.82) is 0 Å². The number of nitrogens with two attached hydrogens (primary N) is 1. The van der Waals surface area contributed by atoms with Gasteiger partial charge in [0.2, 0.25) is 0 Å². The van der Waals surface area contributed by atoms with Gasteiger partial charge in [0.25, 0.3) is 5.91 Å². The molecule has 0 radical (unpaired) electrons. The third kappa shape index (κ3) is 5.90. The molecule has 5 nitrogen and oxygen atoms in total. The molecule has 0 saturated heterocycles. The third-order valence-corrected chi connectivity index (χ3v) is 2.50. The average molecular weight is 264 g/mol. The summed E-state index contributed by atoms with van der Waals surface area (Å²) in [5.41, 5.74) is 6.38. The topological polar surface area (TPSA) is 81.4 Å². The van der Waals surface area contributed by atoms with Gasteiger partial charge in [-0.1, -0.05) is 19.9 Å². The van der Waals surface area contributed by atoms with Crippen molar-refractivity contribution in [3.05, 3.63) is 29.8 Å². The Bertz CT molecular complexity index is 444. The van der Waals surface area contributed by atoms with Crippen molar-refractivity contribution in [3.8, 4) is 0 Å². The number of hydrogen-bond acceptors (Lipinski definition) is 4. The lowest BCUT2D eigenvalue weighted by Crippen LogP contribution is -2.30. The SMILES string of the molecule is CC(C)CCNC(=O)COC(=O)c1cccc(N)c1. The monoisotopic (exact) mass is 264 g/mol. The highest BCUT2D eigenvalue weighted by molar-refractivity contribution is 5.92. The van der Waals surface area contributed by atoms with Crippen LogP contribution in [-0.2, 0) is 9.53 Å². The van der Waals surface area contributed by atoms with Crippen LogP contribution in [0.5, 0.6) is 0 Å². The molecule has 1 aromatic rings. The molecular formula is C14H20N2O3. The van der Waals surface area contributed by atoms with Crippen molar-refractivity contribution in [2.75, 3.05) is 18.9 Å². The molecule has 0 fully saturated rings. The van der Waals surface area contributed by atoms with E-state index in [2.05, 4.69) is 19.2 Å². The summed E-state index contributed by atoms with van der Waals surface area (Å²) in [5, 5.41) is 2.69. The minimum absolute atomic E-state index is 0.272. The molecule has 0 heterocycles. The van der Waals surface area contributed by atoms with E-state index in [0.29, 0.717) is 23.7 Å². The van der Waals surface area contributed by atoms with Crippen molar-refractivity contribution in [1.82, 2.24) is 5.32 Å². The Labute approximate surface area is 113 Å². The van der Waals surface area contributed by atoms with Crippen molar-refractivity contribution < 1.29 is 14.3 Å². The van der Waals surface area contributed by atoms with Crippen LogP contribution < -0.4 is 11.1 Å². The smallest absolute Gasteiger partial charge is 0.338 e. The molecular weight excluding hydrogens is 244 g/mol. The van der Waals surface area contributed by atoms with Gasteiger partial charge >= 0.3 is 5.97 Å². The van der Waals surface area contributed by atoms with Crippen molar-refractivity contribution in [2.45, 2.75) is 20.3 Å². The molecule has 104 valence electrons. The van der Waals surface area contributed by atoms with Crippen LogP contribution in [0, 0.1) is 5.92 Å². The molecule has 0 aliphatic rings. The normalized spacial score (nSPS) is 10.3. The fourth-order valence-electron chi connectivity index (χ4n) is 1.43. The lowest BCUT2D eigenvalue weighted by molar-refractivity contribution is -0.124. The van der Waals surface area contributed by atoms with Gasteiger partial charge in [-0.3, -0.25) is 4.79 Å². The van der Waals surface area contributed by atoms with Gasteiger partial charge in [-0.2, -0.15) is 0 Å². The molecule has 0 aromatic heterocycles. The maximum atomic E-state index is 11.6. The summed E-state index contributed by atoms with van der Waals surface area (Å²) in [4.78, 5) is 23.0. The van der Waals surface area contributed by atoms with Gasteiger partial charge in [-0.05, 0) is 30.5 Å². The van der Waals surface area contributed by atoms with Crippen LogP contribution >= 0.6 is 0 Å². The Morgan fingerprint density at radius 2 is 2.11 bits per heavy atom. The van der Waals surface area contributed by atoms with E-state index in [1.54, 1.807) is 18.2 Å². The van der Waals surface area contributed by atoms with Gasteiger partial charge in [0, 0.05) is 12.2 Å². The van der Waals surface area contributed by atoms with E-state index < -0.39 is 5.97 Å². The van der Waals surface area contributed by atoms with Crippen LogP contribution in [-0.4, -0.2) is 25.0 Å². The number of benzene rings is 1. The van der Waals surface area contributed by atoms with E-state index in [9.17, 15) is 9.59 Å². The predicted octanol–water partition coefficient (Wildman–Crippen LogP) is 1.59. The summed E-state index contributed by atoms with van der Waals surface area (Å²) in [6.45, 7) is 4.47. The molecule has 0 aliphatic heterocycles. The first-order chi connectivity index (χ1) is 8.99. The zero-order chi connectivity index (χ0) is 14.3. The van der Waals surface area contributed by atoms with Gasteiger partial charge in [-0.25, -0.2) is 4.79 Å². The maximum absolute atomic E-state index is 11.6. The number of anilines is 1. The van der Waals surface area contributed by atoms with Gasteiger partial charge in [0.05, 0.1) is 5.56 Å². The molecule has 5 heteroatoms. The van der Waals surface area contributed by atoms with Gasteiger partial charge in [0.1, 0.15) is 0 Å². The van der Waals surface area contributed by atoms with E-state index in [-0.39, 0.29) is 12.5 Å². The molecule has 0 bridgehead atoms. The Balaban J connectivity index is 2.32. The van der Waals surface area contributed by atoms with Crippen LogP contribution in [0.25, 0.3) is 0 Å². The fraction of sp³-hybridized carbons (Fsp3) is 0.429. The second-order valence-electron chi connectivity index (χ2n) is 4.73. The van der Waals surface area contributed by atoms with E-state index in [1.165, 1.54) is 6.07 Å². The average Bonchev–Trinajstić information content (AvgIpc) is 2.35. The number of hydrogen-bond donors (Lipinski definition) is 2. The standard InChI is InChI=1S/C14H20N2O3/c1-10(2)6-7-16-13(17)9-19-14(18)11-4-3-5-12(15)8-11/h3-5,8,10H,6-7,9,15H2,1-2H3,(H,16,17). The van der Waals surface area contributed by atoms with Crippen LogP contribution in [0.2, 0.25) is 0 Å². The molecule has 1 rings (SSSR count). The first kappa shape index (κ1) is 15.0. The Hall–Kier alpha value is -2.04. The Kier molecular flexibility index (Phi) is 5.85. The number of ether oxygens (including phenoxy) is 1. The number of carbonyl (C=O) groups is 2. The van der Waals surface area contributed by atoms with E-state index in [0.717, 1.165) is 6.42 Å². The first-order valence-corrected chi connectivity index (χ1v) is 6.28. The molecule has 1 amide bonds. The summed E-state index contributed by atoms with van der Waals surface area (Å²) >= 11 is 0. The zero-order valence-electron chi connectivity index (χ0n) is 11.3. The van der Waals surface area contributed by atoms with Crippen LogP contribution in [0.3, 0.4) is 0 Å². The lowest BCUT2D eigenvalue weighted by atomic mass is 10.1. The number of nitrogen functional groups attached to an aromatic ring is 1. The second kappa shape index (κ2) is 7.41. The maximum Gasteiger partial charge on any atom is 0.338 e. The number of rotatable bonds is 6. The minimum atomic E-state index is -0.550. The highest BCUT2D eigenvalue weighted by Crippen LogP contribution is 2.07. The highest BCUT2D eigenvalue weighted by atomic mass is 16.5. The molecule has 0 spiro atoms. The first-order valence-electron chi connectivity index (χ1n) is 6.28. The summed E-state index contributed by atoms with van der Waals surface area (Å²) in [5.74, 6) is -0.320. The molecule has 0 atom stereocenters. The van der Waals surface area contributed by atoms with Crippen molar-refractivity contribution in [2.24, 2.45) is 5.92 Å². The second-order valence-corrected chi connectivity index (χ2v) is 4.73. The summed E-state index contributed by atoms with van der Waals surface area (Å²) < 4.78 is 4.90. The van der Waals surface area contributed by atoms with E-state index in [4.69, 9.17) is 10.5 Å². The molecule has 1 aromatic carbocycles. The number of nitrogens with one attached hydrogen (secondary N) is 1. The number of amides is 1. The van der Waals surface area contributed by atoms with E-state index >= 15 is 0 Å². The largest absolute Gasteiger partial charge is 0.452 e. The third-order valence-electron chi connectivity index (χ3n) is 2.50. The Morgan fingerprint density at radius 3 is 2.74 bits per heavy atom. The number of carbonyl (C=O) groups excluding carboxylic acids is 2. The Morgan fingerprint density at radius 1 is 1.37 bits per heavy atom. The van der Waals surface area contributed by atoms with Crippen molar-refractivity contribution >= 4 is 17.6 Å². The molecule has 0 aliphatic carbocycles. The van der Waals surface area contributed by atoms with Gasteiger partial charge < -0.3 is 15.8 Å². The van der Waals surface area contributed by atoms with Crippen LogP contribution in [0.15, 0.2) is 24.3 Å². The molecule has 3 N–H and O–H groups in total. The number of esters is 1. The van der Waals surface area contributed by atoms with Gasteiger partial charge in [-0.15, -0.1) is 0 Å². The summed E-state index contributed by atoms with van der Waals surface area (Å²) in [6.07, 6.45) is 0.898. The van der Waals surface area contributed by atoms with Crippen molar-refractivity contribution in [3.63, 3.8) is 0 Å². The molecule has 0 unspecified atom stereocenters. The van der Waals surface area contributed by atoms with Crippen LogP contribution in [0.4, 0.5) is 5.69 Å². The quantitative estimate of drug-likeness (QED) is 0.604. The summed E-state index contributed by atoms with van der Waals surface area (Å²) in [7, 11) is 0.